The second-order valence-electron chi connectivity index (χ2n) is 12.5. The second kappa shape index (κ2) is 9.64. The van der Waals surface area contributed by atoms with Crippen molar-refractivity contribution in [2.45, 2.75) is 39.5 Å². The van der Waals surface area contributed by atoms with Gasteiger partial charge >= 0.3 is 0 Å². The lowest BCUT2D eigenvalue weighted by Crippen LogP contribution is -2.49. The summed E-state index contributed by atoms with van der Waals surface area (Å²) in [5.74, 6) is -4.34. The molecule has 4 aliphatic rings. The zero-order valence-electron chi connectivity index (χ0n) is 24.1. The summed E-state index contributed by atoms with van der Waals surface area (Å²) in [4.78, 5) is 59.1. The maximum absolute atomic E-state index is 14.4. The third-order valence-electron chi connectivity index (χ3n) is 10.3. The third-order valence-corrected chi connectivity index (χ3v) is 10.7. The van der Waals surface area contributed by atoms with Gasteiger partial charge < -0.3 is 5.11 Å². The van der Waals surface area contributed by atoms with Crippen LogP contribution in [-0.4, -0.2) is 28.7 Å². The van der Waals surface area contributed by atoms with Crippen LogP contribution in [0.4, 0.5) is 11.4 Å². The number of phenolic OH excluding ortho intramolecular Hbond substituents is 1. The number of allylic oxidation sites excluding steroid dienone is 2. The van der Waals surface area contributed by atoms with E-state index in [0.29, 0.717) is 33.9 Å². The Morgan fingerprint density at radius 2 is 1.56 bits per heavy atom. The number of amides is 4. The van der Waals surface area contributed by atoms with Crippen LogP contribution >= 0.6 is 11.6 Å². The number of nitrogens with zero attached hydrogens (tertiary/aromatic N) is 2. The van der Waals surface area contributed by atoms with Gasteiger partial charge in [0, 0.05) is 16.5 Å². The minimum atomic E-state index is -1.21. The predicted octanol–water partition coefficient (Wildman–Crippen LogP) is 6.10. The van der Waals surface area contributed by atoms with Crippen LogP contribution in [-0.2, 0) is 19.2 Å². The van der Waals surface area contributed by atoms with E-state index in [1.807, 2.05) is 32.1 Å². The number of aryl methyl sites for hydroxylation is 2. The van der Waals surface area contributed by atoms with Gasteiger partial charge in [-0.2, -0.15) is 0 Å². The second-order valence-corrected chi connectivity index (χ2v) is 12.9. The number of hydrogen-bond acceptors (Lipinski definition) is 5. The number of halogens is 1. The van der Waals surface area contributed by atoms with Crippen LogP contribution in [0.3, 0.4) is 0 Å². The first-order valence-corrected chi connectivity index (χ1v) is 15.0. The summed E-state index contributed by atoms with van der Waals surface area (Å²) in [5, 5.41) is 11.8. The fourth-order valence-corrected chi connectivity index (χ4v) is 8.25. The Bertz CT molecular complexity index is 1770. The van der Waals surface area contributed by atoms with Crippen LogP contribution in [0.25, 0.3) is 0 Å². The van der Waals surface area contributed by atoms with Crippen LogP contribution in [0.15, 0.2) is 78.4 Å². The minimum absolute atomic E-state index is 0.0688. The molecule has 218 valence electrons. The highest BCUT2D eigenvalue weighted by molar-refractivity contribution is 6.32. The maximum atomic E-state index is 14.4. The molecule has 6 atom stereocenters. The van der Waals surface area contributed by atoms with E-state index in [2.05, 4.69) is 0 Å². The van der Waals surface area contributed by atoms with Crippen LogP contribution in [0.1, 0.15) is 42.4 Å². The number of phenols is 1. The van der Waals surface area contributed by atoms with Gasteiger partial charge in [-0.25, -0.2) is 9.80 Å². The number of rotatable bonds is 3. The summed E-state index contributed by atoms with van der Waals surface area (Å²) >= 11 is 6.38. The first-order valence-electron chi connectivity index (χ1n) is 14.6. The molecule has 2 heterocycles. The summed E-state index contributed by atoms with van der Waals surface area (Å²) in [6.07, 6.45) is 2.56. The normalized spacial score (nSPS) is 29.9. The van der Waals surface area contributed by atoms with E-state index in [9.17, 15) is 24.3 Å². The standard InChI is InChI=1S/C35H31ClN2O5/c1-18-12-13-21(16-27(18)36)37-31(40)23-15-14-22-25(28(23)33(37)42)17-26-32(41)38(20-9-5-4-6-10-20)34(43)35(26,3)29(22)24-11-7-8-19(2)30(24)39/h4-14,16,23,25-26,28-29,39H,15,17H2,1-3H3/t23-,25+,26-,28-,29+,35+/m0/s1. The Labute approximate surface area is 254 Å². The Kier molecular flexibility index (Phi) is 6.19. The highest BCUT2D eigenvalue weighted by Gasteiger charge is 2.68. The fraction of sp³-hybridized carbons (Fsp3) is 0.314. The molecule has 4 amide bonds. The summed E-state index contributed by atoms with van der Waals surface area (Å²) in [5.41, 5.74) is 2.59. The van der Waals surface area contributed by atoms with Crippen molar-refractivity contribution in [1.82, 2.24) is 0 Å². The molecular weight excluding hydrogens is 564 g/mol. The number of carbonyl (C=O) groups is 4. The molecule has 43 heavy (non-hydrogen) atoms. The first-order chi connectivity index (χ1) is 20.6. The zero-order valence-corrected chi connectivity index (χ0v) is 24.8. The van der Waals surface area contributed by atoms with Crippen LogP contribution in [0.2, 0.25) is 5.02 Å². The smallest absolute Gasteiger partial charge is 0.241 e. The number of imide groups is 2. The number of aromatic hydroxyl groups is 1. The van der Waals surface area contributed by atoms with Crippen LogP contribution < -0.4 is 9.80 Å². The molecule has 0 radical (unpaired) electrons. The van der Waals surface area contributed by atoms with Crippen molar-refractivity contribution in [3.05, 3.63) is 100 Å². The van der Waals surface area contributed by atoms with E-state index in [1.54, 1.807) is 61.5 Å². The van der Waals surface area contributed by atoms with E-state index in [-0.39, 0.29) is 35.8 Å². The molecule has 3 fully saturated rings. The van der Waals surface area contributed by atoms with Crippen molar-refractivity contribution in [2.75, 3.05) is 9.80 Å². The monoisotopic (exact) mass is 594 g/mol. The van der Waals surface area contributed by atoms with Gasteiger partial charge in [-0.1, -0.05) is 65.7 Å². The molecule has 2 saturated heterocycles. The van der Waals surface area contributed by atoms with Gasteiger partial charge in [-0.05, 0) is 74.9 Å². The van der Waals surface area contributed by atoms with E-state index < -0.39 is 35.0 Å². The zero-order chi connectivity index (χ0) is 30.4. The van der Waals surface area contributed by atoms with E-state index >= 15 is 0 Å². The number of benzene rings is 3. The van der Waals surface area contributed by atoms with E-state index in [4.69, 9.17) is 11.6 Å². The lowest BCUT2D eigenvalue weighted by molar-refractivity contribution is -0.131. The number of fused-ring (bicyclic) bond motifs is 4. The predicted molar refractivity (Wildman–Crippen MR) is 163 cm³/mol. The molecule has 0 aromatic heterocycles. The molecule has 1 N–H and O–H groups in total. The topological polar surface area (TPSA) is 95.0 Å². The Morgan fingerprint density at radius 3 is 2.28 bits per heavy atom. The van der Waals surface area contributed by atoms with Crippen LogP contribution in [0, 0.1) is 42.9 Å². The van der Waals surface area contributed by atoms with Gasteiger partial charge in [-0.15, -0.1) is 0 Å². The maximum Gasteiger partial charge on any atom is 0.241 e. The molecular formula is C35H31ClN2O5. The number of para-hydroxylation sites is 2. The fourth-order valence-electron chi connectivity index (χ4n) is 8.07. The van der Waals surface area contributed by atoms with Gasteiger partial charge in [-0.3, -0.25) is 19.2 Å². The first kappa shape index (κ1) is 27.6. The average molecular weight is 595 g/mol. The van der Waals surface area contributed by atoms with Crippen LogP contribution in [0.5, 0.6) is 5.75 Å². The third kappa shape index (κ3) is 3.73. The number of hydrogen-bond donors (Lipinski definition) is 1. The molecule has 3 aromatic carbocycles. The van der Waals surface area contributed by atoms with Crippen molar-refractivity contribution in [2.24, 2.45) is 29.1 Å². The summed E-state index contributed by atoms with van der Waals surface area (Å²) in [6, 6.07) is 19.5. The van der Waals surface area contributed by atoms with Gasteiger partial charge in [0.15, 0.2) is 0 Å². The molecule has 0 bridgehead atoms. The van der Waals surface area contributed by atoms with Crippen molar-refractivity contribution in [3.63, 3.8) is 0 Å². The SMILES string of the molecule is Cc1ccc(N2C(=O)[C@H]3[C@H](CC=C4[C@H]3C[C@H]3C(=O)N(c5ccccc5)C(=O)[C@@]3(C)[C@H]4c3cccc(C)c3O)C2=O)cc1Cl. The molecule has 7 nitrogen and oxygen atoms in total. The lowest BCUT2D eigenvalue weighted by atomic mass is 9.51. The minimum Gasteiger partial charge on any atom is -0.507 e. The van der Waals surface area contributed by atoms with Gasteiger partial charge in [0.1, 0.15) is 5.75 Å². The molecule has 1 saturated carbocycles. The molecule has 8 heteroatoms. The van der Waals surface area contributed by atoms with Gasteiger partial charge in [0.25, 0.3) is 0 Å². The van der Waals surface area contributed by atoms with E-state index in [1.165, 1.54) is 9.80 Å². The molecule has 3 aromatic rings. The molecule has 7 rings (SSSR count). The largest absolute Gasteiger partial charge is 0.507 e. The average Bonchev–Trinajstić information content (AvgIpc) is 3.36. The molecule has 0 unspecified atom stereocenters. The van der Waals surface area contributed by atoms with E-state index in [0.717, 1.165) is 11.1 Å². The van der Waals surface area contributed by atoms with Crippen molar-refractivity contribution < 1.29 is 24.3 Å². The lowest BCUT2D eigenvalue weighted by Gasteiger charge is -2.49. The quantitative estimate of drug-likeness (QED) is 0.292. The van der Waals surface area contributed by atoms with Gasteiger partial charge in [0.05, 0.1) is 34.5 Å². The van der Waals surface area contributed by atoms with Crippen molar-refractivity contribution >= 4 is 46.6 Å². The Morgan fingerprint density at radius 1 is 0.814 bits per heavy atom. The van der Waals surface area contributed by atoms with Crippen molar-refractivity contribution in [1.29, 1.82) is 0 Å². The Balaban J connectivity index is 1.38. The Hall–Kier alpha value is -4.23. The summed E-state index contributed by atoms with van der Waals surface area (Å²) in [6.45, 7) is 5.47. The van der Waals surface area contributed by atoms with Gasteiger partial charge in [0.2, 0.25) is 23.6 Å². The molecule has 2 aliphatic heterocycles. The summed E-state index contributed by atoms with van der Waals surface area (Å²) in [7, 11) is 0. The molecule has 0 spiro atoms. The summed E-state index contributed by atoms with van der Waals surface area (Å²) < 4.78 is 0. The van der Waals surface area contributed by atoms with Crippen molar-refractivity contribution in [3.8, 4) is 5.75 Å². The number of carbonyl (C=O) groups excluding carboxylic acids is 4. The number of anilines is 2. The highest BCUT2D eigenvalue weighted by Crippen LogP contribution is 2.64. The highest BCUT2D eigenvalue weighted by atomic mass is 35.5. The molecule has 2 aliphatic carbocycles.